The topological polar surface area (TPSA) is 68.3 Å². The Balaban J connectivity index is 1.48. The van der Waals surface area contributed by atoms with Crippen LogP contribution in [0.1, 0.15) is 46.1 Å². The highest BCUT2D eigenvalue weighted by molar-refractivity contribution is 6.05. The predicted molar refractivity (Wildman–Crippen MR) is 113 cm³/mol. The fourth-order valence-electron chi connectivity index (χ4n) is 4.02. The number of fused-ring (bicyclic) bond motifs is 2. The van der Waals surface area contributed by atoms with Crippen LogP contribution in [0.15, 0.2) is 42.5 Å². The van der Waals surface area contributed by atoms with E-state index in [1.54, 1.807) is 0 Å². The molecule has 0 unspecified atom stereocenters. The lowest BCUT2D eigenvalue weighted by Crippen LogP contribution is -2.22. The second-order valence-electron chi connectivity index (χ2n) is 7.39. The van der Waals surface area contributed by atoms with E-state index in [9.17, 15) is 9.59 Å². The highest BCUT2D eigenvalue weighted by atomic mass is 16.5. The minimum Gasteiger partial charge on any atom is -0.452 e. The molecule has 148 valence electrons. The van der Waals surface area contributed by atoms with Gasteiger partial charge >= 0.3 is 5.97 Å². The Hall–Kier alpha value is -3.21. The fraction of sp³-hybridized carbons (Fsp3) is 0.292. The molecule has 0 saturated heterocycles. The van der Waals surface area contributed by atoms with Crippen molar-refractivity contribution >= 4 is 28.5 Å². The standard InChI is InChI=1S/C24H24N2O3/c1-3-20-15(2)23(19-9-4-5-10-21(19)26-20)24(28)29-14-22(27)25-18-12-11-16-7-6-8-17(16)13-18/h4-5,9-13H,3,6-8,14H2,1-2H3,(H,25,27). The van der Waals surface area contributed by atoms with E-state index >= 15 is 0 Å². The number of ether oxygens (including phenoxy) is 1. The highest BCUT2D eigenvalue weighted by Gasteiger charge is 2.20. The van der Waals surface area contributed by atoms with Gasteiger partial charge in [-0.15, -0.1) is 0 Å². The molecule has 1 aliphatic carbocycles. The smallest absolute Gasteiger partial charge is 0.339 e. The summed E-state index contributed by atoms with van der Waals surface area (Å²) in [6.07, 6.45) is 4.02. The molecule has 5 nitrogen and oxygen atoms in total. The number of nitrogens with zero attached hydrogens (tertiary/aromatic N) is 1. The lowest BCUT2D eigenvalue weighted by molar-refractivity contribution is -0.119. The zero-order valence-electron chi connectivity index (χ0n) is 16.7. The molecule has 1 aliphatic rings. The minimum atomic E-state index is -0.500. The van der Waals surface area contributed by atoms with Gasteiger partial charge in [-0.05, 0) is 67.5 Å². The zero-order chi connectivity index (χ0) is 20.4. The summed E-state index contributed by atoms with van der Waals surface area (Å²) in [6.45, 7) is 3.55. The molecule has 1 heterocycles. The molecule has 0 saturated carbocycles. The highest BCUT2D eigenvalue weighted by Crippen LogP contribution is 2.26. The number of carbonyl (C=O) groups is 2. The van der Waals surface area contributed by atoms with E-state index in [2.05, 4.69) is 16.4 Å². The van der Waals surface area contributed by atoms with Crippen LogP contribution in [-0.4, -0.2) is 23.5 Å². The first-order chi connectivity index (χ1) is 14.1. The van der Waals surface area contributed by atoms with Crippen molar-refractivity contribution in [2.75, 3.05) is 11.9 Å². The van der Waals surface area contributed by atoms with Crippen molar-refractivity contribution in [3.8, 4) is 0 Å². The van der Waals surface area contributed by atoms with E-state index in [0.717, 1.165) is 53.5 Å². The van der Waals surface area contributed by atoms with Crippen LogP contribution in [0.4, 0.5) is 5.69 Å². The van der Waals surface area contributed by atoms with Crippen LogP contribution in [0.25, 0.3) is 10.9 Å². The largest absolute Gasteiger partial charge is 0.452 e. The molecule has 1 amide bonds. The Bertz CT molecular complexity index is 1100. The van der Waals surface area contributed by atoms with Gasteiger partial charge in [0.25, 0.3) is 5.91 Å². The first kappa shape index (κ1) is 19.1. The molecule has 29 heavy (non-hydrogen) atoms. The maximum Gasteiger partial charge on any atom is 0.339 e. The Morgan fingerprint density at radius 1 is 1.10 bits per heavy atom. The summed E-state index contributed by atoms with van der Waals surface area (Å²) in [7, 11) is 0. The van der Waals surface area contributed by atoms with Gasteiger partial charge in [0, 0.05) is 16.8 Å². The van der Waals surface area contributed by atoms with Crippen LogP contribution in [0, 0.1) is 6.92 Å². The van der Waals surface area contributed by atoms with Gasteiger partial charge in [-0.1, -0.05) is 31.2 Å². The molecule has 2 aromatic carbocycles. The van der Waals surface area contributed by atoms with E-state index in [4.69, 9.17) is 4.74 Å². The van der Waals surface area contributed by atoms with E-state index in [1.165, 1.54) is 11.1 Å². The molecule has 0 radical (unpaired) electrons. The summed E-state index contributed by atoms with van der Waals surface area (Å²) < 4.78 is 5.36. The molecule has 3 aromatic rings. The molecule has 0 atom stereocenters. The Labute approximate surface area is 170 Å². The van der Waals surface area contributed by atoms with E-state index in [0.29, 0.717) is 5.56 Å². The molecule has 0 bridgehead atoms. The van der Waals surface area contributed by atoms with Crippen LogP contribution in [0.2, 0.25) is 0 Å². The second kappa shape index (κ2) is 8.03. The number of nitrogens with one attached hydrogen (secondary N) is 1. The number of rotatable bonds is 5. The zero-order valence-corrected chi connectivity index (χ0v) is 16.7. The molecule has 1 N–H and O–H groups in total. The number of aromatic nitrogens is 1. The SMILES string of the molecule is CCc1nc2ccccc2c(C(=O)OCC(=O)Nc2ccc3c(c2)CCC3)c1C. The van der Waals surface area contributed by atoms with Crippen molar-refractivity contribution in [3.63, 3.8) is 0 Å². The number of aryl methyl sites for hydroxylation is 3. The van der Waals surface area contributed by atoms with Crippen LogP contribution in [-0.2, 0) is 28.8 Å². The summed E-state index contributed by atoms with van der Waals surface area (Å²) in [6, 6.07) is 13.5. The van der Waals surface area contributed by atoms with Crippen molar-refractivity contribution in [3.05, 3.63) is 70.4 Å². The average Bonchev–Trinajstić information content (AvgIpc) is 3.19. The van der Waals surface area contributed by atoms with Gasteiger partial charge in [0.2, 0.25) is 0 Å². The fourth-order valence-corrected chi connectivity index (χ4v) is 4.02. The third-order valence-corrected chi connectivity index (χ3v) is 5.49. The summed E-state index contributed by atoms with van der Waals surface area (Å²) >= 11 is 0. The van der Waals surface area contributed by atoms with Crippen molar-refractivity contribution in [2.24, 2.45) is 0 Å². The maximum absolute atomic E-state index is 12.8. The van der Waals surface area contributed by atoms with Crippen molar-refractivity contribution in [1.82, 2.24) is 4.98 Å². The minimum absolute atomic E-state index is 0.326. The number of pyridine rings is 1. The van der Waals surface area contributed by atoms with E-state index < -0.39 is 5.97 Å². The number of esters is 1. The number of anilines is 1. The molecule has 4 rings (SSSR count). The Kier molecular flexibility index (Phi) is 5.30. The summed E-state index contributed by atoms with van der Waals surface area (Å²) in [5.41, 5.74) is 6.27. The number of carbonyl (C=O) groups excluding carboxylic acids is 2. The molecule has 0 spiro atoms. The lowest BCUT2D eigenvalue weighted by atomic mass is 10.0. The molecule has 0 fully saturated rings. The van der Waals surface area contributed by atoms with Gasteiger partial charge < -0.3 is 10.1 Å². The second-order valence-corrected chi connectivity index (χ2v) is 7.39. The number of benzene rings is 2. The van der Waals surface area contributed by atoms with E-state index in [1.807, 2.05) is 50.2 Å². The molecule has 1 aromatic heterocycles. The first-order valence-corrected chi connectivity index (χ1v) is 10.0. The van der Waals surface area contributed by atoms with Crippen LogP contribution in [0.5, 0.6) is 0 Å². The van der Waals surface area contributed by atoms with Crippen LogP contribution in [0.3, 0.4) is 0 Å². The van der Waals surface area contributed by atoms with Gasteiger partial charge in [-0.2, -0.15) is 0 Å². The molecule has 5 heteroatoms. The Morgan fingerprint density at radius 2 is 1.90 bits per heavy atom. The van der Waals surface area contributed by atoms with E-state index in [-0.39, 0.29) is 12.5 Å². The predicted octanol–water partition coefficient (Wildman–Crippen LogP) is 4.39. The number of amides is 1. The monoisotopic (exact) mass is 388 g/mol. The summed E-state index contributed by atoms with van der Waals surface area (Å²) in [5.74, 6) is -0.845. The van der Waals surface area contributed by atoms with Gasteiger partial charge in [0.05, 0.1) is 11.1 Å². The summed E-state index contributed by atoms with van der Waals surface area (Å²) in [5, 5.41) is 3.57. The van der Waals surface area contributed by atoms with Crippen molar-refractivity contribution in [2.45, 2.75) is 39.5 Å². The van der Waals surface area contributed by atoms with Gasteiger partial charge in [-0.25, -0.2) is 4.79 Å². The summed E-state index contributed by atoms with van der Waals surface area (Å²) in [4.78, 5) is 29.8. The Morgan fingerprint density at radius 3 is 2.72 bits per heavy atom. The van der Waals surface area contributed by atoms with Gasteiger partial charge in [0.15, 0.2) is 6.61 Å². The molecular formula is C24H24N2O3. The number of hydrogen-bond acceptors (Lipinski definition) is 4. The van der Waals surface area contributed by atoms with Crippen LogP contribution < -0.4 is 5.32 Å². The van der Waals surface area contributed by atoms with Gasteiger partial charge in [0.1, 0.15) is 0 Å². The molecule has 0 aliphatic heterocycles. The molecular weight excluding hydrogens is 364 g/mol. The normalized spacial score (nSPS) is 12.6. The third kappa shape index (κ3) is 3.86. The van der Waals surface area contributed by atoms with Crippen molar-refractivity contribution < 1.29 is 14.3 Å². The first-order valence-electron chi connectivity index (χ1n) is 10.0. The van der Waals surface area contributed by atoms with Crippen LogP contribution >= 0.6 is 0 Å². The van der Waals surface area contributed by atoms with Gasteiger partial charge in [-0.3, -0.25) is 9.78 Å². The maximum atomic E-state index is 12.8. The lowest BCUT2D eigenvalue weighted by Gasteiger charge is -2.13. The number of para-hydroxylation sites is 1. The third-order valence-electron chi connectivity index (χ3n) is 5.49. The quantitative estimate of drug-likeness (QED) is 0.658. The van der Waals surface area contributed by atoms with Crippen molar-refractivity contribution in [1.29, 1.82) is 0 Å². The number of hydrogen-bond donors (Lipinski definition) is 1. The average molecular weight is 388 g/mol.